The topological polar surface area (TPSA) is 35.8 Å². The maximum absolute atomic E-state index is 8.96. The number of nitrogens with zero attached hydrogens (tertiary/aromatic N) is 1. The highest BCUT2D eigenvalue weighted by atomic mass is 14.9. The van der Waals surface area contributed by atoms with Gasteiger partial charge in [0, 0.05) is 12.6 Å². The second-order valence-electron chi connectivity index (χ2n) is 4.63. The molecule has 0 saturated heterocycles. The Morgan fingerprint density at radius 2 is 1.74 bits per heavy atom. The summed E-state index contributed by atoms with van der Waals surface area (Å²) in [6.07, 6.45) is 0.482. The van der Waals surface area contributed by atoms with Gasteiger partial charge in [0.2, 0.25) is 0 Å². The normalized spacial score (nSPS) is 11.8. The Morgan fingerprint density at radius 1 is 1.05 bits per heavy atom. The summed E-state index contributed by atoms with van der Waals surface area (Å²) in [5.74, 6) is 0. The summed E-state index contributed by atoms with van der Waals surface area (Å²) in [6.45, 7) is 2.90. The van der Waals surface area contributed by atoms with Crippen molar-refractivity contribution in [2.45, 2.75) is 25.9 Å². The Kier molecular flexibility index (Phi) is 4.72. The van der Waals surface area contributed by atoms with Gasteiger partial charge in [-0.15, -0.1) is 0 Å². The van der Waals surface area contributed by atoms with Gasteiger partial charge in [0.25, 0.3) is 0 Å². The van der Waals surface area contributed by atoms with E-state index in [0.29, 0.717) is 6.42 Å². The lowest BCUT2D eigenvalue weighted by Crippen LogP contribution is -2.21. The van der Waals surface area contributed by atoms with Gasteiger partial charge in [0.15, 0.2) is 0 Å². The summed E-state index contributed by atoms with van der Waals surface area (Å²) in [5, 5.41) is 12.4. The van der Waals surface area contributed by atoms with Crippen LogP contribution in [0.25, 0.3) is 0 Å². The average molecular weight is 250 g/mol. The third kappa shape index (κ3) is 3.67. The molecule has 19 heavy (non-hydrogen) atoms. The van der Waals surface area contributed by atoms with Gasteiger partial charge in [0.05, 0.1) is 12.5 Å². The Balaban J connectivity index is 2.07. The van der Waals surface area contributed by atoms with Crippen LogP contribution >= 0.6 is 0 Å². The number of rotatable bonds is 5. The highest BCUT2D eigenvalue weighted by molar-refractivity contribution is 5.26. The van der Waals surface area contributed by atoms with E-state index in [9.17, 15) is 0 Å². The molecule has 0 heterocycles. The van der Waals surface area contributed by atoms with E-state index in [4.69, 9.17) is 5.26 Å². The molecule has 1 unspecified atom stereocenters. The lowest BCUT2D eigenvalue weighted by molar-refractivity contribution is 0.541. The van der Waals surface area contributed by atoms with Crippen molar-refractivity contribution in [2.75, 3.05) is 0 Å². The molecule has 2 aromatic carbocycles. The van der Waals surface area contributed by atoms with Gasteiger partial charge in [-0.1, -0.05) is 54.6 Å². The van der Waals surface area contributed by atoms with Crippen LogP contribution in [-0.4, -0.2) is 0 Å². The van der Waals surface area contributed by atoms with Crippen LogP contribution in [-0.2, 0) is 6.54 Å². The third-order valence-corrected chi connectivity index (χ3v) is 3.30. The Morgan fingerprint density at radius 3 is 2.42 bits per heavy atom. The molecule has 2 heteroatoms. The second-order valence-corrected chi connectivity index (χ2v) is 4.63. The Labute approximate surface area is 114 Å². The first kappa shape index (κ1) is 13.3. The number of benzene rings is 2. The van der Waals surface area contributed by atoms with Crippen LogP contribution in [0.2, 0.25) is 0 Å². The van der Waals surface area contributed by atoms with Crippen molar-refractivity contribution >= 4 is 0 Å². The van der Waals surface area contributed by atoms with Gasteiger partial charge < -0.3 is 5.32 Å². The van der Waals surface area contributed by atoms with Crippen LogP contribution in [0.1, 0.15) is 29.2 Å². The summed E-state index contributed by atoms with van der Waals surface area (Å²) in [6, 6.07) is 20.8. The lowest BCUT2D eigenvalue weighted by Gasteiger charge is -2.17. The van der Waals surface area contributed by atoms with Gasteiger partial charge >= 0.3 is 0 Å². The molecule has 1 N–H and O–H groups in total. The molecule has 2 aromatic rings. The SMILES string of the molecule is Cc1ccccc1CNC(CC#N)c1ccccc1. The first-order valence-electron chi connectivity index (χ1n) is 6.51. The van der Waals surface area contributed by atoms with Crippen LogP contribution in [0.4, 0.5) is 0 Å². The first-order valence-corrected chi connectivity index (χ1v) is 6.51. The molecule has 0 amide bonds. The molecular weight excluding hydrogens is 232 g/mol. The van der Waals surface area contributed by atoms with Gasteiger partial charge in [-0.3, -0.25) is 0 Å². The van der Waals surface area contributed by atoms with Crippen LogP contribution in [0.3, 0.4) is 0 Å². The molecule has 0 aromatic heterocycles. The monoisotopic (exact) mass is 250 g/mol. The molecule has 0 radical (unpaired) electrons. The highest BCUT2D eigenvalue weighted by Crippen LogP contribution is 2.17. The highest BCUT2D eigenvalue weighted by Gasteiger charge is 2.10. The number of nitrogens with one attached hydrogen (secondary N) is 1. The summed E-state index contributed by atoms with van der Waals surface area (Å²) >= 11 is 0. The predicted molar refractivity (Wildman–Crippen MR) is 77.4 cm³/mol. The second kappa shape index (κ2) is 6.72. The molecule has 2 nitrogen and oxygen atoms in total. The first-order chi connectivity index (χ1) is 9.31. The van der Waals surface area contributed by atoms with E-state index < -0.39 is 0 Å². The van der Waals surface area contributed by atoms with Crippen molar-refractivity contribution in [1.82, 2.24) is 5.32 Å². The van der Waals surface area contributed by atoms with Crippen molar-refractivity contribution in [3.63, 3.8) is 0 Å². The summed E-state index contributed by atoms with van der Waals surface area (Å²) < 4.78 is 0. The van der Waals surface area contributed by atoms with Crippen molar-refractivity contribution in [3.8, 4) is 6.07 Å². The fourth-order valence-corrected chi connectivity index (χ4v) is 2.13. The minimum atomic E-state index is 0.0887. The van der Waals surface area contributed by atoms with Crippen molar-refractivity contribution in [1.29, 1.82) is 5.26 Å². The van der Waals surface area contributed by atoms with E-state index in [0.717, 1.165) is 12.1 Å². The van der Waals surface area contributed by atoms with Gasteiger partial charge in [0.1, 0.15) is 0 Å². The maximum atomic E-state index is 8.96. The zero-order valence-electron chi connectivity index (χ0n) is 11.1. The fourth-order valence-electron chi connectivity index (χ4n) is 2.13. The number of hydrogen-bond donors (Lipinski definition) is 1. The Bertz CT molecular complexity index is 555. The van der Waals surface area contributed by atoms with E-state index in [-0.39, 0.29) is 6.04 Å². The number of aryl methyl sites for hydroxylation is 1. The van der Waals surface area contributed by atoms with Crippen molar-refractivity contribution in [2.24, 2.45) is 0 Å². The molecule has 0 aliphatic rings. The third-order valence-electron chi connectivity index (χ3n) is 3.30. The zero-order chi connectivity index (χ0) is 13.5. The van der Waals surface area contributed by atoms with Gasteiger partial charge in [-0.2, -0.15) is 5.26 Å². The standard InChI is InChI=1S/C17H18N2/c1-14-7-5-6-10-16(14)13-19-17(11-12-18)15-8-3-2-4-9-15/h2-10,17,19H,11,13H2,1H3. The van der Waals surface area contributed by atoms with E-state index in [2.05, 4.69) is 42.6 Å². The average Bonchev–Trinajstić information content (AvgIpc) is 2.46. The molecule has 0 aliphatic heterocycles. The summed E-state index contributed by atoms with van der Waals surface area (Å²) in [7, 11) is 0. The van der Waals surface area contributed by atoms with Crippen LogP contribution in [0.5, 0.6) is 0 Å². The van der Waals surface area contributed by atoms with Crippen LogP contribution < -0.4 is 5.32 Å². The molecular formula is C17H18N2. The fraction of sp³-hybridized carbons (Fsp3) is 0.235. The van der Waals surface area contributed by atoms with E-state index in [1.165, 1.54) is 11.1 Å². The molecule has 0 bridgehead atoms. The molecule has 1 atom stereocenters. The predicted octanol–water partition coefficient (Wildman–Crippen LogP) is 3.74. The lowest BCUT2D eigenvalue weighted by atomic mass is 10.0. The smallest absolute Gasteiger partial charge is 0.0641 e. The molecule has 0 spiro atoms. The van der Waals surface area contributed by atoms with Crippen molar-refractivity contribution < 1.29 is 0 Å². The van der Waals surface area contributed by atoms with E-state index in [1.54, 1.807) is 0 Å². The quantitative estimate of drug-likeness (QED) is 0.877. The number of hydrogen-bond acceptors (Lipinski definition) is 2. The van der Waals surface area contributed by atoms with Gasteiger partial charge in [-0.05, 0) is 23.6 Å². The maximum Gasteiger partial charge on any atom is 0.0641 e. The minimum absolute atomic E-state index is 0.0887. The summed E-state index contributed by atoms with van der Waals surface area (Å²) in [5.41, 5.74) is 3.72. The molecule has 0 fully saturated rings. The van der Waals surface area contributed by atoms with Crippen LogP contribution in [0, 0.1) is 18.3 Å². The Hall–Kier alpha value is -2.11. The van der Waals surface area contributed by atoms with E-state index >= 15 is 0 Å². The minimum Gasteiger partial charge on any atom is -0.305 e. The molecule has 96 valence electrons. The number of nitriles is 1. The van der Waals surface area contributed by atoms with E-state index in [1.807, 2.05) is 30.3 Å². The van der Waals surface area contributed by atoms with Crippen LogP contribution in [0.15, 0.2) is 54.6 Å². The molecule has 0 aliphatic carbocycles. The molecule has 2 rings (SSSR count). The molecule has 0 saturated carbocycles. The largest absolute Gasteiger partial charge is 0.305 e. The zero-order valence-corrected chi connectivity index (χ0v) is 11.1. The van der Waals surface area contributed by atoms with Gasteiger partial charge in [-0.25, -0.2) is 0 Å². The summed E-state index contributed by atoms with van der Waals surface area (Å²) in [4.78, 5) is 0. The van der Waals surface area contributed by atoms with Crippen molar-refractivity contribution in [3.05, 3.63) is 71.3 Å².